The Bertz CT molecular complexity index is 1000. The van der Waals surface area contributed by atoms with Crippen LogP contribution in [0.3, 0.4) is 0 Å². The molecule has 0 radical (unpaired) electrons. The van der Waals surface area contributed by atoms with E-state index in [1.165, 1.54) is 0 Å². The molecule has 9 nitrogen and oxygen atoms in total. The van der Waals surface area contributed by atoms with E-state index >= 15 is 0 Å². The second kappa shape index (κ2) is 8.94. The third-order valence-corrected chi connectivity index (χ3v) is 9.48. The Balaban J connectivity index is 1.50. The third-order valence-electron chi connectivity index (χ3n) is 9.48. The van der Waals surface area contributed by atoms with E-state index in [0.717, 1.165) is 18.4 Å². The first kappa shape index (κ1) is 25.7. The molecule has 0 aromatic carbocycles. The number of carbonyl (C=O) groups excluding carboxylic acids is 4. The van der Waals surface area contributed by atoms with Crippen molar-refractivity contribution in [2.45, 2.75) is 76.5 Å². The highest BCUT2D eigenvalue weighted by molar-refractivity contribution is 6.01. The van der Waals surface area contributed by atoms with Crippen molar-refractivity contribution < 1.29 is 45.0 Å². The van der Waals surface area contributed by atoms with Gasteiger partial charge in [0, 0.05) is 29.1 Å². The highest BCUT2D eigenvalue weighted by Gasteiger charge is 2.68. The van der Waals surface area contributed by atoms with E-state index < -0.39 is 52.9 Å². The van der Waals surface area contributed by atoms with Gasteiger partial charge in [-0.3, -0.25) is 9.59 Å². The number of carboxylic acids is 1. The molecule has 4 rings (SSSR count). The first-order valence-electron chi connectivity index (χ1n) is 12.4. The maximum atomic E-state index is 13.2. The first-order valence-corrected chi connectivity index (χ1v) is 12.4. The summed E-state index contributed by atoms with van der Waals surface area (Å²) in [5, 5.41) is 33.6. The standard InChI is InChI=1S/C26H35NO8/c1-24-9-7-15(28)11-14(24)3-4-16-17-8-10-26(34,25(17,2)12-19(29)22(16)24)20(30)13-35-23(33)18(27)5-6-21(31)32/h7,9,11,16-19,22,29,34H,3-6,8,10,12-13,27H2,1-2H3,(H,31,32)/t16-,17+,18+,19+,22+,24-,25+,26-/m0/s1. The van der Waals surface area contributed by atoms with E-state index in [9.17, 15) is 34.5 Å². The van der Waals surface area contributed by atoms with Crippen LogP contribution < -0.4 is 10.8 Å². The van der Waals surface area contributed by atoms with Gasteiger partial charge in [0.15, 0.2) is 18.4 Å². The van der Waals surface area contributed by atoms with Crippen molar-refractivity contribution in [3.8, 4) is 0 Å². The summed E-state index contributed by atoms with van der Waals surface area (Å²) in [6.07, 6.45) is 6.53. The number of aliphatic hydroxyl groups is 2. The average Bonchev–Trinajstić information content (AvgIpc) is 3.06. The molecule has 0 amide bonds. The Morgan fingerprint density at radius 2 is 2.00 bits per heavy atom. The fourth-order valence-electron chi connectivity index (χ4n) is 7.57. The van der Waals surface area contributed by atoms with Crippen molar-refractivity contribution in [3.63, 3.8) is 0 Å². The maximum Gasteiger partial charge on any atom is 0.365 e. The number of rotatable bonds is 7. The summed E-state index contributed by atoms with van der Waals surface area (Å²) in [6, 6.07) is -0.958. The van der Waals surface area contributed by atoms with Gasteiger partial charge < -0.3 is 30.6 Å². The molecule has 0 aromatic heterocycles. The molecule has 3 saturated carbocycles. The molecule has 0 spiro atoms. The van der Waals surface area contributed by atoms with Crippen molar-refractivity contribution in [1.29, 1.82) is 0 Å². The molecule has 0 saturated heterocycles. The number of aliphatic hydroxyl groups excluding tert-OH is 1. The molecule has 4 aliphatic rings. The first-order chi connectivity index (χ1) is 16.3. The minimum absolute atomic E-state index is 0.00592. The van der Waals surface area contributed by atoms with Gasteiger partial charge >= 0.3 is 5.97 Å². The van der Waals surface area contributed by atoms with Crippen LogP contribution in [0.1, 0.15) is 58.8 Å². The molecule has 192 valence electrons. The Morgan fingerprint density at radius 3 is 2.69 bits per heavy atom. The number of hydrogen-bond donors (Lipinski definition) is 3. The third kappa shape index (κ3) is 4.07. The minimum atomic E-state index is -1.75. The second-order valence-electron chi connectivity index (χ2n) is 11.2. The highest BCUT2D eigenvalue weighted by atomic mass is 16.5. The molecule has 9 heteroatoms. The smallest absolute Gasteiger partial charge is 0.365 e. The summed E-state index contributed by atoms with van der Waals surface area (Å²) in [5.74, 6) is -2.80. The van der Waals surface area contributed by atoms with Crippen LogP contribution in [-0.4, -0.2) is 58.1 Å². The van der Waals surface area contributed by atoms with Crippen LogP contribution in [0.25, 0.3) is 0 Å². The average molecular weight is 490 g/mol. The number of carbonyl (C=O) groups is 4. The van der Waals surface area contributed by atoms with Gasteiger partial charge in [-0.25, -0.2) is 4.79 Å². The van der Waals surface area contributed by atoms with Crippen LogP contribution in [0.4, 0.5) is 0 Å². The van der Waals surface area contributed by atoms with E-state index in [4.69, 9.17) is 4.74 Å². The SMILES string of the molecule is C[C@]12C=CC(=O)C=C1CC[C@@H]1[C@@H]2[C@H](O)C[C@]2(C)[C@@H]1CC[C@]2(O)C(=O)COC(=O)[C@H]([NH3+])CCC(=O)[O-]. The predicted octanol–water partition coefficient (Wildman–Crippen LogP) is -0.751. The van der Waals surface area contributed by atoms with E-state index in [-0.39, 0.29) is 49.2 Å². The molecule has 8 atom stereocenters. The molecule has 5 N–H and O–H groups in total. The quantitative estimate of drug-likeness (QED) is 0.392. The lowest BCUT2D eigenvalue weighted by Crippen LogP contribution is -2.66. The number of quaternary nitrogens is 1. The Hall–Kier alpha value is -2.36. The Labute approximate surface area is 204 Å². The van der Waals surface area contributed by atoms with Crippen LogP contribution in [-0.2, 0) is 23.9 Å². The summed E-state index contributed by atoms with van der Waals surface area (Å²) in [7, 11) is 0. The van der Waals surface area contributed by atoms with E-state index in [0.29, 0.717) is 6.42 Å². The van der Waals surface area contributed by atoms with Crippen LogP contribution in [0.15, 0.2) is 23.8 Å². The molecule has 35 heavy (non-hydrogen) atoms. The van der Waals surface area contributed by atoms with Crippen LogP contribution in [0.2, 0.25) is 0 Å². The van der Waals surface area contributed by atoms with Gasteiger partial charge in [0.05, 0.1) is 6.10 Å². The van der Waals surface area contributed by atoms with Crippen molar-refractivity contribution >= 4 is 23.5 Å². The minimum Gasteiger partial charge on any atom is -0.550 e. The zero-order valence-electron chi connectivity index (χ0n) is 20.3. The summed E-state index contributed by atoms with van der Waals surface area (Å²) in [4.78, 5) is 47.9. The summed E-state index contributed by atoms with van der Waals surface area (Å²) in [5.41, 5.74) is 1.54. The van der Waals surface area contributed by atoms with Gasteiger partial charge in [0.1, 0.15) is 5.60 Å². The van der Waals surface area contributed by atoms with Crippen molar-refractivity contribution in [2.75, 3.05) is 6.61 Å². The number of ketones is 2. The van der Waals surface area contributed by atoms with Crippen molar-refractivity contribution in [2.24, 2.45) is 28.6 Å². The van der Waals surface area contributed by atoms with Gasteiger partial charge in [0.25, 0.3) is 0 Å². The molecule has 0 aliphatic heterocycles. The van der Waals surface area contributed by atoms with Gasteiger partial charge in [-0.15, -0.1) is 0 Å². The summed E-state index contributed by atoms with van der Waals surface area (Å²) < 4.78 is 5.10. The summed E-state index contributed by atoms with van der Waals surface area (Å²) in [6.45, 7) is 3.28. The van der Waals surface area contributed by atoms with Gasteiger partial charge in [-0.05, 0) is 62.5 Å². The van der Waals surface area contributed by atoms with Gasteiger partial charge in [-0.2, -0.15) is 0 Å². The number of esters is 1. The number of Topliss-reactive ketones (excluding diaryl/α,β-unsaturated/α-hetero) is 1. The number of allylic oxidation sites excluding steroid dienone is 4. The number of hydrogen-bond acceptors (Lipinski definition) is 8. The van der Waals surface area contributed by atoms with Gasteiger partial charge in [-0.1, -0.05) is 25.5 Å². The van der Waals surface area contributed by atoms with Crippen LogP contribution in [0, 0.1) is 28.6 Å². The van der Waals surface area contributed by atoms with Crippen molar-refractivity contribution in [1.82, 2.24) is 0 Å². The summed E-state index contributed by atoms with van der Waals surface area (Å²) >= 11 is 0. The number of carboxylic acid groups (broad SMARTS) is 1. The molecule has 0 unspecified atom stereocenters. The monoisotopic (exact) mass is 489 g/mol. The van der Waals surface area contributed by atoms with Gasteiger partial charge in [0.2, 0.25) is 5.78 Å². The Morgan fingerprint density at radius 1 is 1.29 bits per heavy atom. The number of fused-ring (bicyclic) bond motifs is 5. The Kier molecular flexibility index (Phi) is 6.57. The predicted molar refractivity (Wildman–Crippen MR) is 120 cm³/mol. The van der Waals surface area contributed by atoms with E-state index in [1.807, 2.05) is 13.0 Å². The molecule has 0 aromatic rings. The lowest BCUT2D eigenvalue weighted by atomic mass is 9.46. The zero-order valence-corrected chi connectivity index (χ0v) is 20.3. The topological polar surface area (TPSA) is 169 Å². The number of aliphatic carboxylic acids is 1. The normalized spacial score (nSPS) is 40.7. The lowest BCUT2D eigenvalue weighted by molar-refractivity contribution is -0.410. The molecule has 0 bridgehead atoms. The van der Waals surface area contributed by atoms with Crippen LogP contribution in [0.5, 0.6) is 0 Å². The lowest BCUT2D eigenvalue weighted by Gasteiger charge is -2.59. The van der Waals surface area contributed by atoms with E-state index in [1.54, 1.807) is 12.2 Å². The highest BCUT2D eigenvalue weighted by Crippen LogP contribution is 2.67. The zero-order chi connectivity index (χ0) is 25.8. The molecular weight excluding hydrogens is 454 g/mol. The fourth-order valence-corrected chi connectivity index (χ4v) is 7.57. The molecule has 0 heterocycles. The van der Waals surface area contributed by atoms with Crippen LogP contribution >= 0.6 is 0 Å². The number of ether oxygens (including phenoxy) is 1. The second-order valence-corrected chi connectivity index (χ2v) is 11.2. The fraction of sp³-hybridized carbons (Fsp3) is 0.692. The molecular formula is C26H35NO8. The molecule has 4 aliphatic carbocycles. The van der Waals surface area contributed by atoms with E-state index in [2.05, 4.69) is 12.7 Å². The van der Waals surface area contributed by atoms with Crippen molar-refractivity contribution in [3.05, 3.63) is 23.8 Å². The molecule has 3 fully saturated rings. The maximum absolute atomic E-state index is 13.2. The largest absolute Gasteiger partial charge is 0.550 e.